The van der Waals surface area contributed by atoms with Crippen molar-refractivity contribution in [2.75, 3.05) is 33.3 Å². The summed E-state index contributed by atoms with van der Waals surface area (Å²) < 4.78 is 14.2. The summed E-state index contributed by atoms with van der Waals surface area (Å²) in [5, 5.41) is 0. The first-order chi connectivity index (χ1) is 17.1. The Kier molecular flexibility index (Phi) is 5.54. The topological polar surface area (TPSA) is 63.2 Å². The monoisotopic (exact) mass is 486 g/mol. The molecule has 3 aromatic heterocycles. The molecule has 1 amide bonds. The Labute approximate surface area is 207 Å². The molecular formula is C27H26N4O3S. The molecule has 7 nitrogen and oxygen atoms in total. The summed E-state index contributed by atoms with van der Waals surface area (Å²) in [7, 11) is 1.68. The van der Waals surface area contributed by atoms with E-state index in [1.807, 2.05) is 17.0 Å². The maximum atomic E-state index is 12.7. The molecule has 4 heterocycles. The van der Waals surface area contributed by atoms with Crippen LogP contribution in [0.5, 0.6) is 5.75 Å². The molecule has 1 aliphatic rings. The summed E-state index contributed by atoms with van der Waals surface area (Å²) in [4.78, 5) is 23.0. The fraction of sp³-hybridized carbons (Fsp3) is 0.259. The molecule has 1 saturated heterocycles. The van der Waals surface area contributed by atoms with Gasteiger partial charge >= 0.3 is 0 Å². The van der Waals surface area contributed by atoms with Crippen molar-refractivity contribution in [2.45, 2.75) is 13.5 Å². The number of benzene rings is 2. The van der Waals surface area contributed by atoms with Gasteiger partial charge in [0.25, 0.3) is 5.91 Å². The highest BCUT2D eigenvalue weighted by Crippen LogP contribution is 2.34. The molecule has 0 unspecified atom stereocenters. The Hall–Kier alpha value is -3.62. The van der Waals surface area contributed by atoms with Crippen LogP contribution in [0.3, 0.4) is 0 Å². The predicted molar refractivity (Wildman–Crippen MR) is 137 cm³/mol. The van der Waals surface area contributed by atoms with Crippen LogP contribution in [0.4, 0.5) is 0 Å². The van der Waals surface area contributed by atoms with Gasteiger partial charge in [0, 0.05) is 38.3 Å². The van der Waals surface area contributed by atoms with E-state index in [4.69, 9.17) is 14.1 Å². The molecule has 35 heavy (non-hydrogen) atoms. The van der Waals surface area contributed by atoms with Crippen LogP contribution in [0, 0.1) is 6.92 Å². The number of carbonyl (C=O) groups is 1. The number of furan rings is 1. The number of imidazole rings is 1. The Bertz CT molecular complexity index is 1490. The molecule has 8 heteroatoms. The molecular weight excluding hydrogens is 460 g/mol. The van der Waals surface area contributed by atoms with Gasteiger partial charge in [-0.2, -0.15) is 0 Å². The van der Waals surface area contributed by atoms with E-state index in [1.165, 1.54) is 21.5 Å². The van der Waals surface area contributed by atoms with Gasteiger partial charge < -0.3 is 14.1 Å². The van der Waals surface area contributed by atoms with E-state index >= 15 is 0 Å². The smallest absolute Gasteiger partial charge is 0.289 e. The second-order valence-electron chi connectivity index (χ2n) is 8.87. The van der Waals surface area contributed by atoms with Gasteiger partial charge in [0.1, 0.15) is 5.75 Å². The Morgan fingerprint density at radius 2 is 1.89 bits per heavy atom. The number of carbonyl (C=O) groups excluding carboxylic acids is 1. The van der Waals surface area contributed by atoms with Crippen molar-refractivity contribution in [3.8, 4) is 17.0 Å². The Morgan fingerprint density at radius 3 is 2.60 bits per heavy atom. The number of hydrogen-bond acceptors (Lipinski definition) is 6. The van der Waals surface area contributed by atoms with Crippen molar-refractivity contribution in [1.29, 1.82) is 0 Å². The van der Waals surface area contributed by atoms with E-state index in [2.05, 4.69) is 46.6 Å². The SMILES string of the molecule is COc1ccc(-c2nc3sc4cc(C)ccc4n3c2CN2CCN(C(=O)c3ccco3)CC2)cc1. The quantitative estimate of drug-likeness (QED) is 0.347. The van der Waals surface area contributed by atoms with Gasteiger partial charge in [-0.3, -0.25) is 14.1 Å². The minimum atomic E-state index is -0.0421. The minimum absolute atomic E-state index is 0.0421. The summed E-state index contributed by atoms with van der Waals surface area (Å²) in [6.45, 7) is 5.80. The fourth-order valence-corrected chi connectivity index (χ4v) is 5.88. The van der Waals surface area contributed by atoms with Crippen molar-refractivity contribution in [2.24, 2.45) is 0 Å². The number of aromatic nitrogens is 2. The molecule has 0 radical (unpaired) electrons. The molecule has 0 aliphatic carbocycles. The normalized spacial score (nSPS) is 14.7. The zero-order valence-corrected chi connectivity index (χ0v) is 20.5. The fourth-order valence-electron chi connectivity index (χ4n) is 4.74. The number of hydrogen-bond donors (Lipinski definition) is 0. The first-order valence-electron chi connectivity index (χ1n) is 11.7. The van der Waals surface area contributed by atoms with Gasteiger partial charge in [0.15, 0.2) is 10.7 Å². The summed E-state index contributed by atoms with van der Waals surface area (Å²) >= 11 is 1.72. The third kappa shape index (κ3) is 3.98. The van der Waals surface area contributed by atoms with Gasteiger partial charge in [0.05, 0.1) is 35.0 Å². The lowest BCUT2D eigenvalue weighted by Crippen LogP contribution is -2.48. The second kappa shape index (κ2) is 8.87. The number of piperazine rings is 1. The average Bonchev–Trinajstić information content (AvgIpc) is 3.61. The third-order valence-electron chi connectivity index (χ3n) is 6.63. The molecule has 1 aliphatic heterocycles. The van der Waals surface area contributed by atoms with E-state index in [0.717, 1.165) is 41.6 Å². The summed E-state index contributed by atoms with van der Waals surface area (Å²) in [5.41, 5.74) is 5.67. The molecule has 2 aromatic carbocycles. The van der Waals surface area contributed by atoms with Gasteiger partial charge in [0.2, 0.25) is 0 Å². The molecule has 0 bridgehead atoms. The van der Waals surface area contributed by atoms with Crippen molar-refractivity contribution in [3.63, 3.8) is 0 Å². The van der Waals surface area contributed by atoms with Crippen LogP contribution in [0.25, 0.3) is 26.4 Å². The maximum absolute atomic E-state index is 12.7. The number of nitrogens with zero attached hydrogens (tertiary/aromatic N) is 4. The second-order valence-corrected chi connectivity index (χ2v) is 9.88. The van der Waals surface area contributed by atoms with Crippen LogP contribution in [0.15, 0.2) is 65.3 Å². The molecule has 6 rings (SSSR count). The van der Waals surface area contributed by atoms with E-state index < -0.39 is 0 Å². The third-order valence-corrected chi connectivity index (χ3v) is 7.63. The van der Waals surface area contributed by atoms with E-state index in [-0.39, 0.29) is 5.91 Å². The highest BCUT2D eigenvalue weighted by molar-refractivity contribution is 7.23. The lowest BCUT2D eigenvalue weighted by Gasteiger charge is -2.34. The number of thiazole rings is 1. The first-order valence-corrected chi connectivity index (χ1v) is 12.5. The van der Waals surface area contributed by atoms with Crippen LogP contribution >= 0.6 is 11.3 Å². The Balaban J connectivity index is 1.33. The zero-order chi connectivity index (χ0) is 23.9. The van der Waals surface area contributed by atoms with Crippen molar-refractivity contribution < 1.29 is 13.9 Å². The molecule has 0 spiro atoms. The van der Waals surface area contributed by atoms with Crippen LogP contribution in [0.1, 0.15) is 21.8 Å². The molecule has 0 saturated carbocycles. The van der Waals surface area contributed by atoms with Crippen LogP contribution < -0.4 is 4.74 Å². The predicted octanol–water partition coefficient (Wildman–Crippen LogP) is 5.08. The maximum Gasteiger partial charge on any atom is 0.289 e. The van der Waals surface area contributed by atoms with Gasteiger partial charge in [-0.15, -0.1) is 0 Å². The van der Waals surface area contributed by atoms with Crippen molar-refractivity contribution in [1.82, 2.24) is 19.2 Å². The lowest BCUT2D eigenvalue weighted by atomic mass is 10.1. The number of fused-ring (bicyclic) bond motifs is 3. The first kappa shape index (κ1) is 21.9. The highest BCUT2D eigenvalue weighted by Gasteiger charge is 2.26. The summed E-state index contributed by atoms with van der Waals surface area (Å²) in [6.07, 6.45) is 1.54. The minimum Gasteiger partial charge on any atom is -0.497 e. The van der Waals surface area contributed by atoms with Crippen LogP contribution in [0.2, 0.25) is 0 Å². The number of aryl methyl sites for hydroxylation is 1. The van der Waals surface area contributed by atoms with Gasteiger partial charge in [-0.25, -0.2) is 4.98 Å². The van der Waals surface area contributed by atoms with E-state index in [1.54, 1.807) is 36.8 Å². The molecule has 178 valence electrons. The molecule has 0 N–H and O–H groups in total. The number of ether oxygens (including phenoxy) is 1. The largest absolute Gasteiger partial charge is 0.497 e. The van der Waals surface area contributed by atoms with Crippen LogP contribution in [-0.2, 0) is 6.54 Å². The average molecular weight is 487 g/mol. The highest BCUT2D eigenvalue weighted by atomic mass is 32.1. The molecule has 0 atom stereocenters. The van der Waals surface area contributed by atoms with Gasteiger partial charge in [-0.1, -0.05) is 17.4 Å². The van der Waals surface area contributed by atoms with E-state index in [9.17, 15) is 4.79 Å². The van der Waals surface area contributed by atoms with E-state index in [0.29, 0.717) is 18.8 Å². The Morgan fingerprint density at radius 1 is 1.09 bits per heavy atom. The van der Waals surface area contributed by atoms with Crippen molar-refractivity contribution >= 4 is 32.4 Å². The van der Waals surface area contributed by atoms with Crippen LogP contribution in [-0.4, -0.2) is 58.4 Å². The summed E-state index contributed by atoms with van der Waals surface area (Å²) in [5.74, 6) is 1.19. The molecule has 5 aromatic rings. The standard InChI is InChI=1S/C27H26N4O3S/c1-18-5-10-21-24(16-18)35-27-28-25(19-6-8-20(33-2)9-7-19)22(31(21)27)17-29-11-13-30(14-12-29)26(32)23-4-3-15-34-23/h3-10,15-16H,11-14,17H2,1-2H3. The molecule has 1 fully saturated rings. The van der Waals surface area contributed by atoms with Gasteiger partial charge in [-0.05, 0) is 61.0 Å². The zero-order valence-electron chi connectivity index (χ0n) is 19.7. The summed E-state index contributed by atoms with van der Waals surface area (Å²) in [6, 6.07) is 18.2. The lowest BCUT2D eigenvalue weighted by molar-refractivity contribution is 0.0596. The number of methoxy groups -OCH3 is 1. The number of amides is 1. The van der Waals surface area contributed by atoms with Crippen molar-refractivity contribution in [3.05, 3.63) is 77.9 Å². The number of rotatable bonds is 5.